The van der Waals surface area contributed by atoms with Crippen LogP contribution in [0.5, 0.6) is 0 Å². The van der Waals surface area contributed by atoms with Gasteiger partial charge in [-0.05, 0) is 57.2 Å². The monoisotopic (exact) mass is 495 g/mol. The molecule has 1 aromatic heterocycles. The normalized spacial score (nSPS) is 19.9. The van der Waals surface area contributed by atoms with E-state index in [1.165, 1.54) is 24.2 Å². The van der Waals surface area contributed by atoms with E-state index >= 15 is 0 Å². The number of benzene rings is 1. The number of piperidine rings is 1. The lowest BCUT2D eigenvalue weighted by atomic mass is 9.95. The molecule has 186 valence electrons. The first-order chi connectivity index (χ1) is 16.3. The molecule has 4 rings (SSSR count). The number of thioether (sulfide) groups is 1. The molecule has 1 amide bonds. The molecule has 1 saturated heterocycles. The minimum Gasteiger partial charge on any atom is -0.378 e. The number of nitrogens with one attached hydrogen (secondary N) is 1. The highest BCUT2D eigenvalue weighted by molar-refractivity contribution is 7.99. The van der Waals surface area contributed by atoms with Crippen molar-refractivity contribution in [1.29, 1.82) is 0 Å². The molecule has 6 nitrogen and oxygen atoms in total. The molecule has 1 saturated carbocycles. The van der Waals surface area contributed by atoms with Gasteiger partial charge in [0.15, 0.2) is 11.0 Å². The Kier molecular flexibility index (Phi) is 8.06. The average Bonchev–Trinajstić information content (AvgIpc) is 3.24. The minimum atomic E-state index is -4.39. The van der Waals surface area contributed by atoms with Gasteiger partial charge in [0.2, 0.25) is 5.91 Å². The Morgan fingerprint density at radius 1 is 1.12 bits per heavy atom. The van der Waals surface area contributed by atoms with E-state index in [0.29, 0.717) is 22.4 Å². The van der Waals surface area contributed by atoms with Crippen LogP contribution in [0.3, 0.4) is 0 Å². The standard InChI is InChI=1S/C24H32F3N5OS/c1-17-8-5-6-13-31(17)22(33)16-34-23-30-29-21(32(23)20-11-3-2-4-12-20)15-28-19-10-7-9-18(14-19)24(25,26)27/h7,9-10,14,17,20,28H,2-6,8,11-13,15-16H2,1H3. The number of likely N-dealkylation sites (tertiary alicyclic amines) is 1. The van der Waals surface area contributed by atoms with Gasteiger partial charge in [-0.1, -0.05) is 37.1 Å². The summed E-state index contributed by atoms with van der Waals surface area (Å²) < 4.78 is 41.3. The summed E-state index contributed by atoms with van der Waals surface area (Å²) in [5.41, 5.74) is -0.301. The molecule has 0 spiro atoms. The average molecular weight is 496 g/mol. The smallest absolute Gasteiger partial charge is 0.378 e. The number of carbonyl (C=O) groups excluding carboxylic acids is 1. The molecule has 2 aliphatic rings. The fourth-order valence-electron chi connectivity index (χ4n) is 4.90. The zero-order valence-electron chi connectivity index (χ0n) is 19.5. The van der Waals surface area contributed by atoms with Crippen LogP contribution in [0, 0.1) is 0 Å². The Labute approximate surface area is 202 Å². The molecular weight excluding hydrogens is 463 g/mol. The molecule has 2 aromatic rings. The van der Waals surface area contributed by atoms with E-state index in [2.05, 4.69) is 27.0 Å². The summed E-state index contributed by atoms with van der Waals surface area (Å²) in [6, 6.07) is 5.69. The van der Waals surface area contributed by atoms with E-state index in [9.17, 15) is 18.0 Å². The molecule has 1 aliphatic carbocycles. The number of alkyl halides is 3. The number of hydrogen-bond donors (Lipinski definition) is 1. The molecule has 1 N–H and O–H groups in total. The van der Waals surface area contributed by atoms with Crippen LogP contribution < -0.4 is 5.32 Å². The maximum absolute atomic E-state index is 13.1. The van der Waals surface area contributed by atoms with Crippen molar-refractivity contribution in [2.75, 3.05) is 17.6 Å². The number of carbonyl (C=O) groups is 1. The van der Waals surface area contributed by atoms with Crippen LogP contribution in [0.25, 0.3) is 0 Å². The molecule has 34 heavy (non-hydrogen) atoms. The Bertz CT molecular complexity index is 974. The molecular formula is C24H32F3N5OS. The number of amides is 1. The Balaban J connectivity index is 1.47. The molecule has 2 fully saturated rings. The first-order valence-corrected chi connectivity index (χ1v) is 13.1. The van der Waals surface area contributed by atoms with Gasteiger partial charge in [-0.3, -0.25) is 4.79 Å². The summed E-state index contributed by atoms with van der Waals surface area (Å²) in [5, 5.41) is 12.5. The summed E-state index contributed by atoms with van der Waals surface area (Å²) in [7, 11) is 0. The topological polar surface area (TPSA) is 63.1 Å². The highest BCUT2D eigenvalue weighted by Crippen LogP contribution is 2.34. The number of hydrogen-bond acceptors (Lipinski definition) is 5. The number of anilines is 1. The number of rotatable bonds is 7. The second kappa shape index (κ2) is 11.0. The summed E-state index contributed by atoms with van der Waals surface area (Å²) in [6.07, 6.45) is 4.33. The zero-order chi connectivity index (χ0) is 24.1. The van der Waals surface area contributed by atoms with Crippen molar-refractivity contribution in [1.82, 2.24) is 19.7 Å². The van der Waals surface area contributed by atoms with E-state index < -0.39 is 11.7 Å². The largest absolute Gasteiger partial charge is 0.416 e. The van der Waals surface area contributed by atoms with E-state index in [1.54, 1.807) is 6.07 Å². The summed E-state index contributed by atoms with van der Waals surface area (Å²) in [6.45, 7) is 3.17. The molecule has 0 bridgehead atoms. The number of nitrogens with zero attached hydrogens (tertiary/aromatic N) is 4. The third-order valence-corrected chi connectivity index (χ3v) is 7.69. The highest BCUT2D eigenvalue weighted by Gasteiger charge is 2.30. The SMILES string of the molecule is CC1CCCCN1C(=O)CSc1nnc(CNc2cccc(C(F)(F)F)c2)n1C1CCCCC1. The molecule has 1 aliphatic heterocycles. The third-order valence-electron chi connectivity index (χ3n) is 6.76. The molecule has 1 aromatic carbocycles. The van der Waals surface area contributed by atoms with Gasteiger partial charge in [0, 0.05) is 24.3 Å². The molecule has 1 atom stereocenters. The second-order valence-corrected chi connectivity index (χ2v) is 10.2. The fourth-order valence-corrected chi connectivity index (χ4v) is 5.81. The number of aromatic nitrogens is 3. The Morgan fingerprint density at radius 3 is 2.62 bits per heavy atom. The van der Waals surface area contributed by atoms with Gasteiger partial charge < -0.3 is 14.8 Å². The number of halogens is 3. The van der Waals surface area contributed by atoms with Crippen LogP contribution in [0.4, 0.5) is 18.9 Å². The molecule has 10 heteroatoms. The first kappa shape index (κ1) is 24.9. The quantitative estimate of drug-likeness (QED) is 0.484. The van der Waals surface area contributed by atoms with E-state index in [0.717, 1.165) is 63.6 Å². The van der Waals surface area contributed by atoms with Crippen molar-refractivity contribution in [2.24, 2.45) is 0 Å². The van der Waals surface area contributed by atoms with E-state index in [1.807, 2.05) is 4.90 Å². The van der Waals surface area contributed by atoms with Crippen molar-refractivity contribution < 1.29 is 18.0 Å². The Morgan fingerprint density at radius 2 is 1.88 bits per heavy atom. The Hall–Kier alpha value is -2.23. The van der Waals surface area contributed by atoms with Gasteiger partial charge >= 0.3 is 6.18 Å². The van der Waals surface area contributed by atoms with Crippen LogP contribution in [0.1, 0.15) is 75.7 Å². The van der Waals surface area contributed by atoms with Gasteiger partial charge in [0.05, 0.1) is 17.9 Å². The third kappa shape index (κ3) is 6.06. The van der Waals surface area contributed by atoms with E-state index in [4.69, 9.17) is 0 Å². The van der Waals surface area contributed by atoms with Crippen LogP contribution in [-0.4, -0.2) is 43.9 Å². The van der Waals surface area contributed by atoms with Crippen LogP contribution in [0.2, 0.25) is 0 Å². The summed E-state index contributed by atoms with van der Waals surface area (Å²) >= 11 is 1.41. The lowest BCUT2D eigenvalue weighted by Gasteiger charge is -2.33. The van der Waals surface area contributed by atoms with Gasteiger partial charge in [0.25, 0.3) is 0 Å². The van der Waals surface area contributed by atoms with Gasteiger partial charge in [-0.15, -0.1) is 10.2 Å². The van der Waals surface area contributed by atoms with Crippen molar-refractivity contribution in [2.45, 2.75) is 88.3 Å². The van der Waals surface area contributed by atoms with E-state index in [-0.39, 0.29) is 24.5 Å². The minimum absolute atomic E-state index is 0.124. The van der Waals surface area contributed by atoms with Crippen molar-refractivity contribution in [3.8, 4) is 0 Å². The van der Waals surface area contributed by atoms with Gasteiger partial charge in [-0.2, -0.15) is 13.2 Å². The van der Waals surface area contributed by atoms with Crippen LogP contribution in [0.15, 0.2) is 29.4 Å². The predicted octanol–water partition coefficient (Wildman–Crippen LogP) is 5.91. The zero-order valence-corrected chi connectivity index (χ0v) is 20.3. The maximum Gasteiger partial charge on any atom is 0.416 e. The predicted molar refractivity (Wildman–Crippen MR) is 127 cm³/mol. The lowest BCUT2D eigenvalue weighted by Crippen LogP contribution is -2.43. The van der Waals surface area contributed by atoms with Crippen molar-refractivity contribution >= 4 is 23.4 Å². The fraction of sp³-hybridized carbons (Fsp3) is 0.625. The lowest BCUT2D eigenvalue weighted by molar-refractivity contribution is -0.137. The van der Waals surface area contributed by atoms with Crippen molar-refractivity contribution in [3.63, 3.8) is 0 Å². The summed E-state index contributed by atoms with van der Waals surface area (Å²) in [5.74, 6) is 1.13. The molecule has 2 heterocycles. The van der Waals surface area contributed by atoms with Gasteiger partial charge in [0.1, 0.15) is 0 Å². The highest BCUT2D eigenvalue weighted by atomic mass is 32.2. The van der Waals surface area contributed by atoms with Gasteiger partial charge in [-0.25, -0.2) is 0 Å². The maximum atomic E-state index is 13.1. The van der Waals surface area contributed by atoms with Crippen molar-refractivity contribution in [3.05, 3.63) is 35.7 Å². The van der Waals surface area contributed by atoms with Crippen LogP contribution in [-0.2, 0) is 17.5 Å². The summed E-state index contributed by atoms with van der Waals surface area (Å²) in [4.78, 5) is 14.8. The van der Waals surface area contributed by atoms with Crippen LogP contribution >= 0.6 is 11.8 Å². The molecule has 1 unspecified atom stereocenters. The first-order valence-electron chi connectivity index (χ1n) is 12.1. The molecule has 0 radical (unpaired) electrons. The second-order valence-electron chi connectivity index (χ2n) is 9.21.